The van der Waals surface area contributed by atoms with Crippen molar-refractivity contribution in [2.45, 2.75) is 62.3 Å². The summed E-state index contributed by atoms with van der Waals surface area (Å²) in [5.41, 5.74) is 0. The fourth-order valence-corrected chi connectivity index (χ4v) is 0.684. The molecule has 0 saturated carbocycles. The van der Waals surface area contributed by atoms with Gasteiger partial charge < -0.3 is 17.8 Å². The first-order valence-electron chi connectivity index (χ1n) is 8.32. The van der Waals surface area contributed by atoms with E-state index in [1.54, 1.807) is 0 Å². The van der Waals surface area contributed by atoms with E-state index in [0.717, 1.165) is 0 Å². The number of hydrogen-bond donors (Lipinski definition) is 0. The van der Waals surface area contributed by atoms with Gasteiger partial charge in [0.1, 0.15) is 0 Å². The van der Waals surface area contributed by atoms with Crippen molar-refractivity contribution in [2.75, 3.05) is 0 Å². The Bertz CT molecular complexity index is 272. The minimum absolute atomic E-state index is 0. The zero-order valence-corrected chi connectivity index (χ0v) is 19.0. The van der Waals surface area contributed by atoms with Crippen LogP contribution in [0.2, 0.25) is 0 Å². The van der Waals surface area contributed by atoms with E-state index in [-0.39, 0.29) is 17.4 Å². The Morgan fingerprint density at radius 1 is 0.400 bits per heavy atom. The molecule has 0 unspecified atom stereocenters. The van der Waals surface area contributed by atoms with E-state index in [2.05, 4.69) is 74.4 Å². The molecule has 0 aromatic heterocycles. The van der Waals surface area contributed by atoms with Crippen LogP contribution in [0.4, 0.5) is 0 Å². The molecule has 0 N–H and O–H groups in total. The molecule has 0 aliphatic carbocycles. The second-order valence-corrected chi connectivity index (χ2v) is 6.65. The summed E-state index contributed by atoms with van der Waals surface area (Å²) in [5, 5.41) is 0. The van der Waals surface area contributed by atoms with Gasteiger partial charge in [-0.25, -0.2) is 0 Å². The molecule has 2 aromatic carbocycles. The van der Waals surface area contributed by atoms with Gasteiger partial charge in [0.05, 0.1) is 0 Å². The van der Waals surface area contributed by atoms with E-state index in [9.17, 15) is 0 Å². The van der Waals surface area contributed by atoms with Crippen molar-refractivity contribution in [2.24, 2.45) is 0 Å². The molecule has 0 heterocycles. The van der Waals surface area contributed by atoms with Crippen molar-refractivity contribution < 1.29 is 17.4 Å². The Labute approximate surface area is 170 Å². The van der Waals surface area contributed by atoms with Crippen LogP contribution in [0.1, 0.15) is 62.3 Å². The van der Waals surface area contributed by atoms with Crippen LogP contribution in [0.15, 0.2) is 60.7 Å². The minimum Gasteiger partial charge on any atom is -0.323 e. The second kappa shape index (κ2) is 27.8. The third kappa shape index (κ3) is 83.9. The zero-order chi connectivity index (χ0) is 19.2. The third-order valence-corrected chi connectivity index (χ3v) is 1.21. The Kier molecular flexibility index (Phi) is 35.3. The van der Waals surface area contributed by atoms with Gasteiger partial charge in [0.25, 0.3) is 0 Å². The first-order chi connectivity index (χ1) is 11.2. The molecule has 0 bridgehead atoms. The van der Waals surface area contributed by atoms with Crippen LogP contribution in [0.3, 0.4) is 0 Å². The van der Waals surface area contributed by atoms with Crippen molar-refractivity contribution in [3.8, 4) is 0 Å². The van der Waals surface area contributed by atoms with Crippen LogP contribution in [-0.2, 0) is 17.4 Å². The smallest absolute Gasteiger partial charge is 0.323 e. The van der Waals surface area contributed by atoms with Crippen molar-refractivity contribution in [3.05, 3.63) is 90.6 Å². The number of benzene rings is 2. The molecule has 0 aliphatic rings. The maximum atomic E-state index is 2.89. The van der Waals surface area contributed by atoms with E-state index in [0.29, 0.717) is 0 Å². The summed E-state index contributed by atoms with van der Waals surface area (Å²) in [6, 6.07) is 25.0. The molecule has 1 radical (unpaired) electrons. The summed E-state index contributed by atoms with van der Waals surface area (Å²) in [6.07, 6.45) is 0. The molecular weight excluding hydrogens is 340 g/mol. The topological polar surface area (TPSA) is 0 Å². The fraction of sp³-hybridized carbons (Fsp3) is 0.375. The molecule has 0 nitrogen and oxygen atoms in total. The molecule has 1 heteroatoms. The van der Waals surface area contributed by atoms with Gasteiger partial charge in [0.2, 0.25) is 0 Å². The van der Waals surface area contributed by atoms with Crippen molar-refractivity contribution in [3.63, 3.8) is 0 Å². The van der Waals surface area contributed by atoms with Gasteiger partial charge in [0.15, 0.2) is 0 Å². The van der Waals surface area contributed by atoms with E-state index in [1.165, 1.54) is 17.8 Å². The second-order valence-electron chi connectivity index (χ2n) is 6.65. The van der Waals surface area contributed by atoms with Gasteiger partial charge in [-0.15, -0.1) is 0 Å². The monoisotopic (exact) mass is 377 g/mol. The molecule has 2 rings (SSSR count). The Morgan fingerprint density at radius 2 is 0.560 bits per heavy atom. The quantitative estimate of drug-likeness (QED) is 0.410. The van der Waals surface area contributed by atoms with Gasteiger partial charge in [-0.3, -0.25) is 0 Å². The van der Waals surface area contributed by atoms with Crippen LogP contribution >= 0.6 is 0 Å². The molecule has 25 heavy (non-hydrogen) atoms. The summed E-state index contributed by atoms with van der Waals surface area (Å²) in [4.78, 5) is 0. The summed E-state index contributed by atoms with van der Waals surface area (Å²) >= 11 is 0. The van der Waals surface area contributed by atoms with Gasteiger partial charge in [-0.05, 0) is 0 Å². The van der Waals surface area contributed by atoms with Crippen LogP contribution in [0.25, 0.3) is 0 Å². The van der Waals surface area contributed by atoms with Crippen LogP contribution in [0.5, 0.6) is 0 Å². The SMILES string of the molecule is C[C-](C)C.C[C-](C)C.C[C-](C)C.[Cr+5].[c-]1ccccc1.[c-]1ccccc1. The number of hydrogen-bond acceptors (Lipinski definition) is 0. The Morgan fingerprint density at radius 3 is 0.600 bits per heavy atom. The van der Waals surface area contributed by atoms with Crippen molar-refractivity contribution >= 4 is 0 Å². The van der Waals surface area contributed by atoms with Crippen molar-refractivity contribution in [1.29, 1.82) is 0 Å². The molecule has 0 saturated heterocycles. The third-order valence-electron chi connectivity index (χ3n) is 1.21. The van der Waals surface area contributed by atoms with Gasteiger partial charge in [-0.1, -0.05) is 0 Å². The van der Waals surface area contributed by atoms with E-state index >= 15 is 0 Å². The summed E-state index contributed by atoms with van der Waals surface area (Å²) in [6.45, 7) is 18.8. The first kappa shape index (κ1) is 31.7. The van der Waals surface area contributed by atoms with Crippen molar-refractivity contribution in [1.82, 2.24) is 0 Å². The molecular formula is C24H37Cr. The molecule has 0 spiro atoms. The van der Waals surface area contributed by atoms with Gasteiger partial charge >= 0.3 is 17.4 Å². The minimum atomic E-state index is 0. The first-order valence-corrected chi connectivity index (χ1v) is 8.32. The van der Waals surface area contributed by atoms with E-state index in [1.807, 2.05) is 60.7 Å². The maximum Gasteiger partial charge on any atom is 5.00 e. The average Bonchev–Trinajstić information content (AvgIpc) is 2.50. The van der Waals surface area contributed by atoms with Crippen LogP contribution < -0.4 is 0 Å². The van der Waals surface area contributed by atoms with E-state index in [4.69, 9.17) is 0 Å². The zero-order valence-electron chi connectivity index (χ0n) is 17.7. The van der Waals surface area contributed by atoms with Gasteiger partial charge in [-0.2, -0.15) is 135 Å². The molecule has 0 amide bonds. The predicted octanol–water partition coefficient (Wildman–Crippen LogP) is 7.83. The largest absolute Gasteiger partial charge is 5.00 e. The average molecular weight is 378 g/mol. The molecule has 0 atom stereocenters. The normalized spacial score (nSPS) is 8.16. The maximum absolute atomic E-state index is 2.89. The summed E-state index contributed by atoms with van der Waals surface area (Å²) in [5.74, 6) is 4.25. The molecule has 0 fully saturated rings. The number of rotatable bonds is 0. The van der Waals surface area contributed by atoms with Crippen LogP contribution in [-0.4, -0.2) is 0 Å². The van der Waals surface area contributed by atoms with Crippen LogP contribution in [0, 0.1) is 29.9 Å². The predicted molar refractivity (Wildman–Crippen MR) is 111 cm³/mol. The Hall–Kier alpha value is -1.03. The Balaban J connectivity index is -0.000000111. The fourth-order valence-electron chi connectivity index (χ4n) is 0.684. The molecule has 2 aromatic rings. The van der Waals surface area contributed by atoms with Gasteiger partial charge in [0, 0.05) is 0 Å². The summed E-state index contributed by atoms with van der Waals surface area (Å²) < 4.78 is 0. The molecule has 139 valence electrons. The van der Waals surface area contributed by atoms with E-state index < -0.39 is 0 Å². The molecule has 0 aliphatic heterocycles. The standard InChI is InChI=1S/2C6H5.3C4H9.Cr/c2*1-2-4-6-5-3-1;3*1-4(2)3;/h2*1-5H;3*1-3H3;/q5*-1;+5. The summed E-state index contributed by atoms with van der Waals surface area (Å²) in [7, 11) is 0.